The van der Waals surface area contributed by atoms with Gasteiger partial charge in [-0.05, 0) is 32.0 Å². The average molecular weight is 204 g/mol. The largest absolute Gasteiger partial charge is 0.461 e. The highest BCUT2D eigenvalue weighted by Crippen LogP contribution is 2.13. The molecule has 0 aliphatic heterocycles. The third-order valence-electron chi connectivity index (χ3n) is 2.14. The summed E-state index contributed by atoms with van der Waals surface area (Å²) in [5.74, 6) is 0.212. The zero-order valence-electron chi connectivity index (χ0n) is 8.68. The standard InChI is InChI=1S/C11H12N2O2/c1-8(2)13-9(5-6-12-13)11(14)10-4-3-7-15-10/h3-8H,1-2H3. The van der Waals surface area contributed by atoms with Gasteiger partial charge >= 0.3 is 0 Å². The predicted molar refractivity (Wildman–Crippen MR) is 54.8 cm³/mol. The van der Waals surface area contributed by atoms with Crippen LogP contribution in [0.15, 0.2) is 35.1 Å². The molecule has 0 amide bonds. The van der Waals surface area contributed by atoms with Gasteiger partial charge in [0.2, 0.25) is 5.78 Å². The van der Waals surface area contributed by atoms with Gasteiger partial charge in [0, 0.05) is 12.2 Å². The first-order valence-electron chi connectivity index (χ1n) is 4.82. The van der Waals surface area contributed by atoms with Crippen LogP contribution in [0.1, 0.15) is 36.1 Å². The molecule has 0 saturated heterocycles. The molecule has 2 aromatic heterocycles. The molecule has 78 valence electrons. The molecule has 0 aliphatic rings. The Morgan fingerprint density at radius 3 is 2.87 bits per heavy atom. The molecule has 4 heteroatoms. The minimum absolute atomic E-state index is 0.133. The highest BCUT2D eigenvalue weighted by molar-refractivity contribution is 6.05. The summed E-state index contributed by atoms with van der Waals surface area (Å²) in [6.07, 6.45) is 3.11. The van der Waals surface area contributed by atoms with Crippen molar-refractivity contribution in [2.45, 2.75) is 19.9 Å². The SMILES string of the molecule is CC(C)n1nccc1C(=O)c1ccco1. The van der Waals surface area contributed by atoms with Gasteiger partial charge in [-0.15, -0.1) is 0 Å². The van der Waals surface area contributed by atoms with Crippen LogP contribution >= 0.6 is 0 Å². The molecule has 0 fully saturated rings. The van der Waals surface area contributed by atoms with Gasteiger partial charge < -0.3 is 4.42 Å². The molecule has 0 radical (unpaired) electrons. The number of carbonyl (C=O) groups excluding carboxylic acids is 1. The van der Waals surface area contributed by atoms with Gasteiger partial charge in [0.15, 0.2) is 5.76 Å². The van der Waals surface area contributed by atoms with Crippen molar-refractivity contribution in [2.24, 2.45) is 0 Å². The Morgan fingerprint density at radius 2 is 2.27 bits per heavy atom. The summed E-state index contributed by atoms with van der Waals surface area (Å²) in [7, 11) is 0. The zero-order valence-corrected chi connectivity index (χ0v) is 8.68. The van der Waals surface area contributed by atoms with E-state index in [2.05, 4.69) is 5.10 Å². The summed E-state index contributed by atoms with van der Waals surface area (Å²) >= 11 is 0. The van der Waals surface area contributed by atoms with E-state index in [-0.39, 0.29) is 11.8 Å². The monoisotopic (exact) mass is 204 g/mol. The summed E-state index contributed by atoms with van der Waals surface area (Å²) in [5.41, 5.74) is 0.556. The average Bonchev–Trinajstić information content (AvgIpc) is 2.88. The molecular formula is C11H12N2O2. The highest BCUT2D eigenvalue weighted by Gasteiger charge is 2.17. The fourth-order valence-electron chi connectivity index (χ4n) is 1.44. The van der Waals surface area contributed by atoms with Crippen molar-refractivity contribution >= 4 is 5.78 Å². The van der Waals surface area contributed by atoms with Gasteiger partial charge in [-0.3, -0.25) is 9.48 Å². The molecule has 0 saturated carbocycles. The molecule has 0 spiro atoms. The van der Waals surface area contributed by atoms with Gasteiger partial charge in [0.05, 0.1) is 6.26 Å². The third kappa shape index (κ3) is 1.70. The Balaban J connectivity index is 2.38. The Hall–Kier alpha value is -1.84. The van der Waals surface area contributed by atoms with Crippen molar-refractivity contribution in [3.8, 4) is 0 Å². The number of ketones is 1. The van der Waals surface area contributed by atoms with Gasteiger partial charge in [-0.1, -0.05) is 0 Å². The maximum Gasteiger partial charge on any atom is 0.246 e. The first-order valence-corrected chi connectivity index (χ1v) is 4.82. The number of furan rings is 1. The van der Waals surface area contributed by atoms with Crippen LogP contribution in [0.4, 0.5) is 0 Å². The molecular weight excluding hydrogens is 192 g/mol. The topological polar surface area (TPSA) is 48.0 Å². The van der Waals surface area contributed by atoms with E-state index < -0.39 is 0 Å². The molecule has 0 aromatic carbocycles. The van der Waals surface area contributed by atoms with Crippen molar-refractivity contribution in [1.82, 2.24) is 9.78 Å². The lowest BCUT2D eigenvalue weighted by molar-refractivity contribution is 0.0997. The van der Waals surface area contributed by atoms with Gasteiger partial charge in [-0.2, -0.15) is 5.10 Å². The Labute approximate surface area is 87.5 Å². The van der Waals surface area contributed by atoms with Crippen LogP contribution < -0.4 is 0 Å². The molecule has 0 bridgehead atoms. The lowest BCUT2D eigenvalue weighted by Gasteiger charge is -2.08. The van der Waals surface area contributed by atoms with Crippen molar-refractivity contribution < 1.29 is 9.21 Å². The van der Waals surface area contributed by atoms with Crippen molar-refractivity contribution in [3.63, 3.8) is 0 Å². The summed E-state index contributed by atoms with van der Waals surface area (Å²) in [5, 5.41) is 4.10. The van der Waals surface area contributed by atoms with E-state index in [0.29, 0.717) is 11.5 Å². The maximum atomic E-state index is 11.9. The van der Waals surface area contributed by atoms with Crippen molar-refractivity contribution in [2.75, 3.05) is 0 Å². The molecule has 2 rings (SSSR count). The second kappa shape index (κ2) is 3.73. The Kier molecular flexibility index (Phi) is 2.41. The van der Waals surface area contributed by atoms with E-state index in [1.54, 1.807) is 29.1 Å². The van der Waals surface area contributed by atoms with E-state index in [9.17, 15) is 4.79 Å². The van der Waals surface area contributed by atoms with Crippen LogP contribution in [-0.4, -0.2) is 15.6 Å². The van der Waals surface area contributed by atoms with E-state index in [1.807, 2.05) is 13.8 Å². The smallest absolute Gasteiger partial charge is 0.246 e. The maximum absolute atomic E-state index is 11.9. The van der Waals surface area contributed by atoms with Crippen LogP contribution in [-0.2, 0) is 0 Å². The van der Waals surface area contributed by atoms with Crippen LogP contribution in [0.5, 0.6) is 0 Å². The first kappa shape index (κ1) is 9.71. The lowest BCUT2D eigenvalue weighted by Crippen LogP contribution is -2.12. The van der Waals surface area contributed by atoms with Crippen LogP contribution in [0, 0.1) is 0 Å². The van der Waals surface area contributed by atoms with Gasteiger partial charge in [0.25, 0.3) is 0 Å². The normalized spacial score (nSPS) is 10.9. The van der Waals surface area contributed by atoms with Crippen LogP contribution in [0.25, 0.3) is 0 Å². The Bertz CT molecular complexity index is 455. The Morgan fingerprint density at radius 1 is 1.47 bits per heavy atom. The molecule has 0 aliphatic carbocycles. The number of hydrogen-bond acceptors (Lipinski definition) is 3. The second-order valence-corrected chi connectivity index (χ2v) is 3.56. The van der Waals surface area contributed by atoms with Gasteiger partial charge in [0.1, 0.15) is 5.69 Å². The van der Waals surface area contributed by atoms with E-state index >= 15 is 0 Å². The number of aromatic nitrogens is 2. The molecule has 15 heavy (non-hydrogen) atoms. The highest BCUT2D eigenvalue weighted by atomic mass is 16.3. The molecule has 0 atom stereocenters. The minimum Gasteiger partial charge on any atom is -0.461 e. The third-order valence-corrected chi connectivity index (χ3v) is 2.14. The van der Waals surface area contributed by atoms with Crippen LogP contribution in [0.2, 0.25) is 0 Å². The van der Waals surface area contributed by atoms with E-state index in [1.165, 1.54) is 6.26 Å². The number of rotatable bonds is 3. The fourth-order valence-corrected chi connectivity index (χ4v) is 1.44. The first-order chi connectivity index (χ1) is 7.20. The molecule has 4 nitrogen and oxygen atoms in total. The number of nitrogens with zero attached hydrogens (tertiary/aromatic N) is 2. The number of carbonyl (C=O) groups is 1. The zero-order chi connectivity index (χ0) is 10.8. The van der Waals surface area contributed by atoms with Crippen LogP contribution in [0.3, 0.4) is 0 Å². The lowest BCUT2D eigenvalue weighted by atomic mass is 10.2. The summed E-state index contributed by atoms with van der Waals surface area (Å²) in [4.78, 5) is 11.9. The van der Waals surface area contributed by atoms with Gasteiger partial charge in [-0.25, -0.2) is 0 Å². The summed E-state index contributed by atoms with van der Waals surface area (Å²) in [6.45, 7) is 3.96. The quantitative estimate of drug-likeness (QED) is 0.720. The van der Waals surface area contributed by atoms with Crippen molar-refractivity contribution in [3.05, 3.63) is 42.1 Å². The molecule has 2 aromatic rings. The predicted octanol–water partition coefficient (Wildman–Crippen LogP) is 2.29. The molecule has 0 N–H and O–H groups in total. The second-order valence-electron chi connectivity index (χ2n) is 3.56. The van der Waals surface area contributed by atoms with Crippen molar-refractivity contribution in [1.29, 1.82) is 0 Å². The number of hydrogen-bond donors (Lipinski definition) is 0. The van der Waals surface area contributed by atoms with E-state index in [0.717, 1.165) is 0 Å². The van der Waals surface area contributed by atoms with E-state index in [4.69, 9.17) is 4.42 Å². The molecule has 0 unspecified atom stereocenters. The molecule has 2 heterocycles. The minimum atomic E-state index is -0.133. The fraction of sp³-hybridized carbons (Fsp3) is 0.273. The summed E-state index contributed by atoms with van der Waals surface area (Å²) < 4.78 is 6.75. The summed E-state index contributed by atoms with van der Waals surface area (Å²) in [6, 6.07) is 5.21.